The molecule has 0 saturated carbocycles. The molecule has 0 spiro atoms. The number of hydrogen-bond donors (Lipinski definition) is 2. The topological polar surface area (TPSA) is 70.9 Å². The van der Waals surface area contributed by atoms with Gasteiger partial charge in [0, 0.05) is 5.02 Å². The molecule has 1 aliphatic rings. The monoisotopic (exact) mass is 450 g/mol. The van der Waals surface area contributed by atoms with Crippen molar-refractivity contribution in [3.8, 4) is 11.5 Å². The van der Waals surface area contributed by atoms with Gasteiger partial charge in [-0.3, -0.25) is 4.79 Å². The molecule has 1 heterocycles. The van der Waals surface area contributed by atoms with Gasteiger partial charge in [-0.15, -0.1) is 0 Å². The SMILES string of the molecule is Cc1cccc(O)c1N=C1NC(=O)/C(=C/c2ccc(OCc3ccc(Cl)cc3)cc2)S1. The molecule has 1 fully saturated rings. The number of ether oxygens (including phenoxy) is 1. The predicted octanol–water partition coefficient (Wildman–Crippen LogP) is 5.82. The highest BCUT2D eigenvalue weighted by molar-refractivity contribution is 8.18. The Bertz CT molecular complexity index is 1150. The third kappa shape index (κ3) is 5.29. The molecule has 156 valence electrons. The van der Waals surface area contributed by atoms with Gasteiger partial charge in [0.05, 0.1) is 4.91 Å². The van der Waals surface area contributed by atoms with Gasteiger partial charge in [0.1, 0.15) is 23.8 Å². The summed E-state index contributed by atoms with van der Waals surface area (Å²) in [5.41, 5.74) is 3.18. The number of para-hydroxylation sites is 1. The van der Waals surface area contributed by atoms with E-state index in [0.717, 1.165) is 22.4 Å². The molecule has 3 aromatic rings. The molecular formula is C24H19ClN2O3S. The smallest absolute Gasteiger partial charge is 0.264 e. The van der Waals surface area contributed by atoms with Crippen LogP contribution in [0.15, 0.2) is 76.6 Å². The Hall–Kier alpha value is -3.22. The lowest BCUT2D eigenvalue weighted by Gasteiger charge is -2.06. The van der Waals surface area contributed by atoms with Crippen molar-refractivity contribution >= 4 is 46.2 Å². The summed E-state index contributed by atoms with van der Waals surface area (Å²) in [6.45, 7) is 2.30. The average Bonchev–Trinajstić information content (AvgIpc) is 3.10. The van der Waals surface area contributed by atoms with E-state index in [0.29, 0.717) is 27.4 Å². The highest BCUT2D eigenvalue weighted by atomic mass is 35.5. The predicted molar refractivity (Wildman–Crippen MR) is 126 cm³/mol. The number of amides is 1. The van der Waals surface area contributed by atoms with Crippen molar-refractivity contribution in [1.29, 1.82) is 0 Å². The van der Waals surface area contributed by atoms with E-state index in [-0.39, 0.29) is 11.7 Å². The van der Waals surface area contributed by atoms with Crippen LogP contribution in [0.3, 0.4) is 0 Å². The number of amidine groups is 1. The Kier molecular flexibility index (Phi) is 6.30. The number of thioether (sulfide) groups is 1. The Morgan fingerprint density at radius 2 is 1.84 bits per heavy atom. The van der Waals surface area contributed by atoms with Crippen molar-refractivity contribution < 1.29 is 14.6 Å². The molecule has 0 radical (unpaired) electrons. The lowest BCUT2D eigenvalue weighted by atomic mass is 10.2. The molecule has 0 unspecified atom stereocenters. The summed E-state index contributed by atoms with van der Waals surface area (Å²) in [6.07, 6.45) is 1.79. The highest BCUT2D eigenvalue weighted by Crippen LogP contribution is 2.34. The van der Waals surface area contributed by atoms with Crippen LogP contribution in [0.1, 0.15) is 16.7 Å². The number of benzene rings is 3. The minimum absolute atomic E-state index is 0.0777. The second-order valence-corrected chi connectivity index (χ2v) is 8.38. The zero-order valence-electron chi connectivity index (χ0n) is 16.6. The normalized spacial score (nSPS) is 16.0. The number of rotatable bonds is 5. The van der Waals surface area contributed by atoms with Crippen molar-refractivity contribution in [2.75, 3.05) is 0 Å². The van der Waals surface area contributed by atoms with E-state index in [9.17, 15) is 9.90 Å². The second-order valence-electron chi connectivity index (χ2n) is 6.91. The Labute approximate surface area is 189 Å². The minimum atomic E-state index is -0.222. The van der Waals surface area contributed by atoms with E-state index >= 15 is 0 Å². The fourth-order valence-corrected chi connectivity index (χ4v) is 3.88. The molecule has 0 aliphatic carbocycles. The van der Waals surface area contributed by atoms with Gasteiger partial charge in [-0.1, -0.05) is 48.0 Å². The van der Waals surface area contributed by atoms with Crippen LogP contribution in [0.5, 0.6) is 11.5 Å². The van der Waals surface area contributed by atoms with Gasteiger partial charge >= 0.3 is 0 Å². The molecule has 1 aliphatic heterocycles. The molecule has 3 aromatic carbocycles. The molecule has 0 aromatic heterocycles. The molecule has 31 heavy (non-hydrogen) atoms. The quantitative estimate of drug-likeness (QED) is 0.480. The van der Waals surface area contributed by atoms with Crippen LogP contribution in [-0.2, 0) is 11.4 Å². The van der Waals surface area contributed by atoms with Crippen molar-refractivity contribution in [1.82, 2.24) is 5.32 Å². The van der Waals surface area contributed by atoms with Crippen LogP contribution in [-0.4, -0.2) is 16.2 Å². The maximum absolute atomic E-state index is 12.3. The fraction of sp³-hybridized carbons (Fsp3) is 0.0833. The van der Waals surface area contributed by atoms with Gasteiger partial charge in [0.25, 0.3) is 5.91 Å². The summed E-state index contributed by atoms with van der Waals surface area (Å²) in [6, 6.07) is 20.2. The highest BCUT2D eigenvalue weighted by Gasteiger charge is 2.24. The number of halogens is 1. The number of carbonyl (C=O) groups is 1. The summed E-state index contributed by atoms with van der Waals surface area (Å²) in [4.78, 5) is 17.3. The lowest BCUT2D eigenvalue weighted by Crippen LogP contribution is -2.19. The van der Waals surface area contributed by atoms with Crippen LogP contribution in [0.2, 0.25) is 5.02 Å². The zero-order chi connectivity index (χ0) is 21.8. The van der Waals surface area contributed by atoms with E-state index in [1.165, 1.54) is 11.8 Å². The number of phenols is 1. The number of hydrogen-bond acceptors (Lipinski definition) is 5. The number of aromatic hydroxyl groups is 1. The zero-order valence-corrected chi connectivity index (χ0v) is 18.2. The van der Waals surface area contributed by atoms with E-state index in [4.69, 9.17) is 16.3 Å². The summed E-state index contributed by atoms with van der Waals surface area (Å²) in [5, 5.41) is 13.9. The Balaban J connectivity index is 1.43. The van der Waals surface area contributed by atoms with Gasteiger partial charge in [-0.05, 0) is 71.8 Å². The minimum Gasteiger partial charge on any atom is -0.506 e. The molecule has 1 amide bonds. The van der Waals surface area contributed by atoms with E-state index in [2.05, 4.69) is 10.3 Å². The number of carbonyl (C=O) groups excluding carboxylic acids is 1. The Morgan fingerprint density at radius 1 is 1.10 bits per heavy atom. The number of aliphatic imine (C=N–C) groups is 1. The maximum atomic E-state index is 12.3. The van der Waals surface area contributed by atoms with Gasteiger partial charge < -0.3 is 15.2 Å². The molecule has 1 saturated heterocycles. The van der Waals surface area contributed by atoms with Gasteiger partial charge in [0.2, 0.25) is 0 Å². The number of nitrogens with zero attached hydrogens (tertiary/aromatic N) is 1. The summed E-state index contributed by atoms with van der Waals surface area (Å²) < 4.78 is 5.79. The van der Waals surface area contributed by atoms with Crippen LogP contribution in [0.4, 0.5) is 5.69 Å². The van der Waals surface area contributed by atoms with Crippen LogP contribution in [0.25, 0.3) is 6.08 Å². The number of nitrogens with one attached hydrogen (secondary N) is 1. The van der Waals surface area contributed by atoms with Crippen molar-refractivity contribution in [3.05, 3.63) is 93.3 Å². The third-order valence-corrected chi connectivity index (χ3v) is 5.74. The largest absolute Gasteiger partial charge is 0.506 e. The number of phenolic OH excluding ortho intramolecular Hbond substituents is 1. The third-order valence-electron chi connectivity index (χ3n) is 4.58. The summed E-state index contributed by atoms with van der Waals surface area (Å²) in [5.74, 6) is 0.590. The van der Waals surface area contributed by atoms with Crippen LogP contribution < -0.4 is 10.1 Å². The summed E-state index contributed by atoms with van der Waals surface area (Å²) in [7, 11) is 0. The maximum Gasteiger partial charge on any atom is 0.264 e. The lowest BCUT2D eigenvalue weighted by molar-refractivity contribution is -0.115. The van der Waals surface area contributed by atoms with Gasteiger partial charge in [0.15, 0.2) is 5.17 Å². The van der Waals surface area contributed by atoms with E-state index in [1.54, 1.807) is 18.2 Å². The molecule has 0 bridgehead atoms. The number of aryl methyl sites for hydroxylation is 1. The summed E-state index contributed by atoms with van der Waals surface area (Å²) >= 11 is 7.13. The van der Waals surface area contributed by atoms with Gasteiger partial charge in [-0.2, -0.15) is 0 Å². The first-order valence-corrected chi connectivity index (χ1v) is 10.7. The van der Waals surface area contributed by atoms with Crippen molar-refractivity contribution in [3.63, 3.8) is 0 Å². The van der Waals surface area contributed by atoms with E-state index < -0.39 is 0 Å². The molecule has 4 rings (SSSR count). The Morgan fingerprint density at radius 3 is 2.55 bits per heavy atom. The molecule has 0 atom stereocenters. The van der Waals surface area contributed by atoms with Gasteiger partial charge in [-0.25, -0.2) is 4.99 Å². The van der Waals surface area contributed by atoms with Crippen molar-refractivity contribution in [2.45, 2.75) is 13.5 Å². The fourth-order valence-electron chi connectivity index (χ4n) is 2.93. The first-order chi connectivity index (χ1) is 15.0. The molecular weight excluding hydrogens is 432 g/mol. The van der Waals surface area contributed by atoms with Crippen molar-refractivity contribution in [2.24, 2.45) is 4.99 Å². The average molecular weight is 451 g/mol. The second kappa shape index (κ2) is 9.29. The first-order valence-electron chi connectivity index (χ1n) is 9.53. The molecule has 5 nitrogen and oxygen atoms in total. The molecule has 7 heteroatoms. The van der Waals surface area contributed by atoms with E-state index in [1.807, 2.05) is 61.5 Å². The van der Waals surface area contributed by atoms with Crippen LogP contribution in [0, 0.1) is 6.92 Å². The standard InChI is InChI=1S/C24H19ClN2O3S/c1-15-3-2-4-20(28)22(15)26-24-27-23(29)21(31-24)13-16-7-11-19(12-8-16)30-14-17-5-9-18(25)10-6-17/h2-13,28H,14H2,1H3,(H,26,27,29)/b21-13-. The first kappa shape index (κ1) is 21.0. The molecule has 2 N–H and O–H groups in total. The van der Waals surface area contributed by atoms with Crippen LogP contribution >= 0.6 is 23.4 Å².